The summed E-state index contributed by atoms with van der Waals surface area (Å²) in [5, 5.41) is 1.69. The lowest BCUT2D eigenvalue weighted by molar-refractivity contribution is 0.640. The third-order valence-corrected chi connectivity index (χ3v) is 3.87. The summed E-state index contributed by atoms with van der Waals surface area (Å²) in [7, 11) is 0. The number of nitrogens with one attached hydrogen (secondary N) is 1. The van der Waals surface area contributed by atoms with E-state index in [1.165, 1.54) is 6.07 Å². The van der Waals surface area contributed by atoms with Crippen molar-refractivity contribution >= 4 is 21.8 Å². The molecular weight excluding hydrogens is 263 g/mol. The largest absolute Gasteiger partial charge is 0.360 e. The van der Waals surface area contributed by atoms with Crippen LogP contribution >= 0.6 is 0 Å². The number of aromatic nitrogens is 2. The molecule has 1 N–H and O–H groups in total. The lowest BCUT2D eigenvalue weighted by atomic mass is 10.1. The smallest absolute Gasteiger partial charge is 0.133 e. The number of aryl methyl sites for hydroxylation is 1. The normalized spacial score (nSPS) is 11.3. The molecule has 0 spiro atoms. The molecule has 0 aliphatic heterocycles. The van der Waals surface area contributed by atoms with Gasteiger partial charge in [0.25, 0.3) is 0 Å². The minimum Gasteiger partial charge on any atom is -0.360 e. The van der Waals surface area contributed by atoms with Crippen LogP contribution in [0.4, 0.5) is 4.39 Å². The molecule has 4 rings (SSSR count). The molecule has 2 heterocycles. The van der Waals surface area contributed by atoms with Crippen LogP contribution in [0.15, 0.2) is 54.7 Å². The van der Waals surface area contributed by atoms with Gasteiger partial charge < -0.3 is 4.98 Å². The first-order chi connectivity index (χ1) is 10.2. The van der Waals surface area contributed by atoms with E-state index in [0.717, 1.165) is 33.2 Å². The molecule has 0 atom stereocenters. The number of hydrogen-bond donors (Lipinski definition) is 1. The van der Waals surface area contributed by atoms with Crippen LogP contribution in [-0.2, 0) is 0 Å². The molecule has 0 aliphatic rings. The van der Waals surface area contributed by atoms with Crippen LogP contribution in [-0.4, -0.2) is 9.97 Å². The number of halogens is 1. The van der Waals surface area contributed by atoms with Gasteiger partial charge in [0.05, 0.1) is 16.7 Å². The number of aromatic amines is 1. The Morgan fingerprint density at radius 3 is 2.76 bits per heavy atom. The Morgan fingerprint density at radius 2 is 1.86 bits per heavy atom. The molecule has 4 aromatic rings. The molecule has 21 heavy (non-hydrogen) atoms. The van der Waals surface area contributed by atoms with Gasteiger partial charge in [0.1, 0.15) is 5.82 Å². The number of para-hydroxylation sites is 1. The van der Waals surface area contributed by atoms with Gasteiger partial charge in [0.15, 0.2) is 0 Å². The molecule has 0 saturated heterocycles. The van der Waals surface area contributed by atoms with Crippen molar-refractivity contribution < 1.29 is 4.39 Å². The van der Waals surface area contributed by atoms with Crippen molar-refractivity contribution in [3.8, 4) is 11.3 Å². The van der Waals surface area contributed by atoms with Gasteiger partial charge in [-0.25, -0.2) is 9.37 Å². The average molecular weight is 276 g/mol. The highest BCUT2D eigenvalue weighted by Crippen LogP contribution is 2.32. The molecule has 3 heteroatoms. The summed E-state index contributed by atoms with van der Waals surface area (Å²) >= 11 is 0. The number of hydrogen-bond acceptors (Lipinski definition) is 1. The maximum atomic E-state index is 14.2. The van der Waals surface area contributed by atoms with E-state index in [9.17, 15) is 4.39 Å². The van der Waals surface area contributed by atoms with Crippen molar-refractivity contribution in [2.45, 2.75) is 6.92 Å². The average Bonchev–Trinajstić information content (AvgIpc) is 2.97. The van der Waals surface area contributed by atoms with Gasteiger partial charge in [0.2, 0.25) is 0 Å². The van der Waals surface area contributed by atoms with Crippen LogP contribution in [0.2, 0.25) is 0 Å². The van der Waals surface area contributed by atoms with Crippen LogP contribution < -0.4 is 0 Å². The molecule has 2 nitrogen and oxygen atoms in total. The molecule has 2 aromatic heterocycles. The first-order valence-corrected chi connectivity index (χ1v) is 6.86. The first-order valence-electron chi connectivity index (χ1n) is 6.86. The topological polar surface area (TPSA) is 28.7 Å². The quantitative estimate of drug-likeness (QED) is 0.530. The second kappa shape index (κ2) is 4.42. The van der Waals surface area contributed by atoms with Crippen molar-refractivity contribution in [3.05, 3.63) is 66.1 Å². The number of H-pyrrole nitrogens is 1. The van der Waals surface area contributed by atoms with Crippen LogP contribution in [0, 0.1) is 12.7 Å². The Labute approximate surface area is 121 Å². The van der Waals surface area contributed by atoms with Gasteiger partial charge >= 0.3 is 0 Å². The van der Waals surface area contributed by atoms with Gasteiger partial charge in [-0.15, -0.1) is 0 Å². The van der Waals surface area contributed by atoms with Gasteiger partial charge in [-0.3, -0.25) is 0 Å². The second-order valence-corrected chi connectivity index (χ2v) is 5.21. The highest BCUT2D eigenvalue weighted by Gasteiger charge is 2.13. The summed E-state index contributed by atoms with van der Waals surface area (Å²) < 4.78 is 14.2. The molecular formula is C18H13FN2. The third-order valence-electron chi connectivity index (χ3n) is 3.87. The minimum absolute atomic E-state index is 0.221. The number of nitrogens with zero attached hydrogens (tertiary/aromatic N) is 1. The SMILES string of the molecule is Cc1ccc(F)c2c(-c3ccc4ccccc4n3)c[nH]c12. The lowest BCUT2D eigenvalue weighted by Crippen LogP contribution is -1.86. The predicted molar refractivity (Wildman–Crippen MR) is 83.7 cm³/mol. The maximum absolute atomic E-state index is 14.2. The van der Waals surface area contributed by atoms with E-state index in [1.54, 1.807) is 6.07 Å². The fourth-order valence-electron chi connectivity index (χ4n) is 2.77. The zero-order valence-electron chi connectivity index (χ0n) is 11.5. The van der Waals surface area contributed by atoms with E-state index in [1.807, 2.05) is 49.5 Å². The number of rotatable bonds is 1. The molecule has 2 aromatic carbocycles. The van der Waals surface area contributed by atoms with E-state index in [4.69, 9.17) is 0 Å². The summed E-state index contributed by atoms with van der Waals surface area (Å²) in [4.78, 5) is 7.82. The molecule has 0 fully saturated rings. The fraction of sp³-hybridized carbons (Fsp3) is 0.0556. The highest BCUT2D eigenvalue weighted by molar-refractivity contribution is 5.97. The Kier molecular flexibility index (Phi) is 2.54. The van der Waals surface area contributed by atoms with Crippen molar-refractivity contribution in [2.75, 3.05) is 0 Å². The molecule has 102 valence electrons. The summed E-state index contributed by atoms with van der Waals surface area (Å²) in [6.07, 6.45) is 1.83. The summed E-state index contributed by atoms with van der Waals surface area (Å²) in [6.45, 7) is 1.97. The van der Waals surface area contributed by atoms with Crippen molar-refractivity contribution in [1.82, 2.24) is 9.97 Å². The fourth-order valence-corrected chi connectivity index (χ4v) is 2.77. The summed E-state index contributed by atoms with van der Waals surface area (Å²) in [5.74, 6) is -0.221. The van der Waals surface area contributed by atoms with Gasteiger partial charge in [-0.05, 0) is 30.7 Å². The zero-order chi connectivity index (χ0) is 14.4. The van der Waals surface area contributed by atoms with E-state index >= 15 is 0 Å². The Balaban J connectivity index is 2.02. The number of pyridine rings is 1. The number of benzene rings is 2. The molecule has 0 bridgehead atoms. The van der Waals surface area contributed by atoms with E-state index in [2.05, 4.69) is 9.97 Å². The molecule has 0 saturated carbocycles. The monoisotopic (exact) mass is 276 g/mol. The van der Waals surface area contributed by atoms with Crippen LogP contribution in [0.5, 0.6) is 0 Å². The zero-order valence-corrected chi connectivity index (χ0v) is 11.5. The highest BCUT2D eigenvalue weighted by atomic mass is 19.1. The Bertz CT molecular complexity index is 969. The van der Waals surface area contributed by atoms with E-state index < -0.39 is 0 Å². The van der Waals surface area contributed by atoms with Crippen LogP contribution in [0.25, 0.3) is 33.1 Å². The molecule has 0 unspecified atom stereocenters. The molecule has 0 radical (unpaired) electrons. The number of fused-ring (bicyclic) bond motifs is 2. The van der Waals surface area contributed by atoms with Crippen LogP contribution in [0.1, 0.15) is 5.56 Å². The van der Waals surface area contributed by atoms with E-state index in [-0.39, 0.29) is 5.82 Å². The molecule has 0 amide bonds. The van der Waals surface area contributed by atoms with Gasteiger partial charge in [-0.2, -0.15) is 0 Å². The second-order valence-electron chi connectivity index (χ2n) is 5.21. The van der Waals surface area contributed by atoms with Gasteiger partial charge in [-0.1, -0.05) is 30.3 Å². The van der Waals surface area contributed by atoms with Crippen molar-refractivity contribution in [1.29, 1.82) is 0 Å². The van der Waals surface area contributed by atoms with Crippen molar-refractivity contribution in [2.24, 2.45) is 0 Å². The van der Waals surface area contributed by atoms with Crippen molar-refractivity contribution in [3.63, 3.8) is 0 Å². The van der Waals surface area contributed by atoms with E-state index in [0.29, 0.717) is 5.39 Å². The third kappa shape index (κ3) is 1.82. The minimum atomic E-state index is -0.221. The maximum Gasteiger partial charge on any atom is 0.133 e. The summed E-state index contributed by atoms with van der Waals surface area (Å²) in [5.41, 5.74) is 4.36. The Morgan fingerprint density at radius 1 is 1.00 bits per heavy atom. The standard InChI is InChI=1S/C18H13FN2/c1-11-6-8-14(19)17-13(10-20-18(11)17)16-9-7-12-4-2-3-5-15(12)21-16/h2-10,20H,1H3. The Hall–Kier alpha value is -2.68. The summed E-state index contributed by atoms with van der Waals surface area (Å²) in [6, 6.07) is 15.2. The predicted octanol–water partition coefficient (Wildman–Crippen LogP) is 4.83. The van der Waals surface area contributed by atoms with Gasteiger partial charge in [0, 0.05) is 22.5 Å². The van der Waals surface area contributed by atoms with Crippen LogP contribution in [0.3, 0.4) is 0 Å². The first kappa shape index (κ1) is 12.1. The lowest BCUT2D eigenvalue weighted by Gasteiger charge is -2.03. The molecule has 0 aliphatic carbocycles.